The van der Waals surface area contributed by atoms with Crippen molar-refractivity contribution in [3.63, 3.8) is 0 Å². The number of fused-ring (bicyclic) bond motifs is 1. The van der Waals surface area contributed by atoms with E-state index < -0.39 is 17.6 Å². The SMILES string of the molecule is CCC1CCC(C2CCC3C(CCCC3C(=O)Oc3ccc(Cl)c(F)c3F)C2)CC1. The maximum absolute atomic E-state index is 14.1. The molecule has 3 fully saturated rings. The lowest BCUT2D eigenvalue weighted by atomic mass is 9.59. The third-order valence-electron chi connectivity index (χ3n) is 8.34. The van der Waals surface area contributed by atoms with Crippen LogP contribution in [0.3, 0.4) is 0 Å². The first-order chi connectivity index (χ1) is 14.5. The van der Waals surface area contributed by atoms with Crippen LogP contribution >= 0.6 is 11.6 Å². The van der Waals surface area contributed by atoms with Crippen molar-refractivity contribution in [1.82, 2.24) is 0 Å². The zero-order valence-electron chi connectivity index (χ0n) is 17.8. The van der Waals surface area contributed by atoms with Crippen LogP contribution in [0.1, 0.15) is 77.6 Å². The highest BCUT2D eigenvalue weighted by Gasteiger charge is 2.43. The Kier molecular flexibility index (Phi) is 7.01. The van der Waals surface area contributed by atoms with Crippen LogP contribution in [-0.2, 0) is 4.79 Å². The average Bonchev–Trinajstić information content (AvgIpc) is 2.78. The predicted molar refractivity (Wildman–Crippen MR) is 114 cm³/mol. The molecule has 3 aliphatic carbocycles. The minimum atomic E-state index is -1.19. The summed E-state index contributed by atoms with van der Waals surface area (Å²) in [6.07, 6.45) is 13.2. The number of hydrogen-bond donors (Lipinski definition) is 0. The number of carbonyl (C=O) groups is 1. The molecule has 30 heavy (non-hydrogen) atoms. The van der Waals surface area contributed by atoms with Gasteiger partial charge in [0.1, 0.15) is 0 Å². The van der Waals surface area contributed by atoms with Gasteiger partial charge in [-0.2, -0.15) is 4.39 Å². The summed E-state index contributed by atoms with van der Waals surface area (Å²) in [7, 11) is 0. The lowest BCUT2D eigenvalue weighted by Crippen LogP contribution is -2.40. The lowest BCUT2D eigenvalue weighted by Gasteiger charge is -2.46. The molecule has 0 saturated heterocycles. The smallest absolute Gasteiger partial charge is 0.314 e. The van der Waals surface area contributed by atoms with Crippen LogP contribution in [0.15, 0.2) is 12.1 Å². The summed E-state index contributed by atoms with van der Waals surface area (Å²) in [5.74, 6) is 0.117. The monoisotopic (exact) mass is 438 g/mol. The fourth-order valence-electron chi connectivity index (χ4n) is 6.56. The molecule has 0 amide bonds. The fourth-order valence-corrected chi connectivity index (χ4v) is 6.71. The molecule has 3 saturated carbocycles. The second-order valence-electron chi connectivity index (χ2n) is 9.82. The van der Waals surface area contributed by atoms with E-state index in [4.69, 9.17) is 16.3 Å². The highest BCUT2D eigenvalue weighted by molar-refractivity contribution is 6.30. The van der Waals surface area contributed by atoms with E-state index in [1.54, 1.807) is 0 Å². The molecule has 4 unspecified atom stereocenters. The van der Waals surface area contributed by atoms with Gasteiger partial charge in [-0.1, -0.05) is 50.6 Å². The average molecular weight is 439 g/mol. The van der Waals surface area contributed by atoms with Crippen LogP contribution in [0.2, 0.25) is 5.02 Å². The fraction of sp³-hybridized carbons (Fsp3) is 0.720. The van der Waals surface area contributed by atoms with E-state index in [9.17, 15) is 13.6 Å². The molecule has 0 aliphatic heterocycles. The molecule has 0 N–H and O–H groups in total. The number of rotatable bonds is 4. The van der Waals surface area contributed by atoms with Gasteiger partial charge in [0.2, 0.25) is 5.82 Å². The first kappa shape index (κ1) is 22.0. The predicted octanol–water partition coefficient (Wildman–Crippen LogP) is 7.57. The normalized spacial score (nSPS) is 34.3. The zero-order valence-corrected chi connectivity index (χ0v) is 18.6. The molecule has 166 valence electrons. The number of hydrogen-bond acceptors (Lipinski definition) is 2. The topological polar surface area (TPSA) is 26.3 Å². The van der Waals surface area contributed by atoms with E-state index in [1.165, 1.54) is 63.5 Å². The Morgan fingerprint density at radius 3 is 2.43 bits per heavy atom. The van der Waals surface area contributed by atoms with Crippen molar-refractivity contribution in [3.05, 3.63) is 28.8 Å². The van der Waals surface area contributed by atoms with Crippen LogP contribution in [0.25, 0.3) is 0 Å². The molecule has 1 aromatic rings. The molecule has 5 heteroatoms. The van der Waals surface area contributed by atoms with Crippen molar-refractivity contribution >= 4 is 17.6 Å². The summed E-state index contributed by atoms with van der Waals surface area (Å²) in [6, 6.07) is 2.47. The molecule has 4 rings (SSSR count). The van der Waals surface area contributed by atoms with E-state index in [1.807, 2.05) is 0 Å². The standard InChI is InChI=1S/C25H33ClF2O2/c1-2-15-6-8-16(9-7-15)17-10-11-19-18(14-17)4-3-5-20(19)25(29)30-22-13-12-21(26)23(27)24(22)28/h12-13,15-20H,2-11,14H2,1H3. The molecule has 0 aromatic heterocycles. The highest BCUT2D eigenvalue weighted by atomic mass is 35.5. The Morgan fingerprint density at radius 1 is 0.967 bits per heavy atom. The molecule has 3 aliphatic rings. The second-order valence-corrected chi connectivity index (χ2v) is 10.2. The molecule has 4 atom stereocenters. The first-order valence-corrected chi connectivity index (χ1v) is 12.2. The third kappa shape index (κ3) is 4.54. The summed E-state index contributed by atoms with van der Waals surface area (Å²) in [6.45, 7) is 2.31. The van der Waals surface area contributed by atoms with Gasteiger partial charge in [0.15, 0.2) is 11.6 Å². The van der Waals surface area contributed by atoms with Gasteiger partial charge in [0.25, 0.3) is 0 Å². The quantitative estimate of drug-likeness (QED) is 0.275. The zero-order chi connectivity index (χ0) is 21.3. The maximum Gasteiger partial charge on any atom is 0.314 e. The van der Waals surface area contributed by atoms with E-state index >= 15 is 0 Å². The molecule has 1 aromatic carbocycles. The number of esters is 1. The molecule has 0 bridgehead atoms. The van der Waals surface area contributed by atoms with Gasteiger partial charge >= 0.3 is 5.97 Å². The molecule has 0 radical (unpaired) electrons. The van der Waals surface area contributed by atoms with Gasteiger partial charge in [-0.3, -0.25) is 4.79 Å². The third-order valence-corrected chi connectivity index (χ3v) is 8.63. The van der Waals surface area contributed by atoms with Crippen LogP contribution in [0.4, 0.5) is 8.78 Å². The summed E-state index contributed by atoms with van der Waals surface area (Å²) < 4.78 is 33.1. The molecule has 2 nitrogen and oxygen atoms in total. The number of benzene rings is 1. The Bertz CT molecular complexity index is 760. The molecular weight excluding hydrogens is 406 g/mol. The first-order valence-electron chi connectivity index (χ1n) is 11.8. The van der Waals surface area contributed by atoms with Crippen LogP contribution in [0, 0.1) is 47.1 Å². The van der Waals surface area contributed by atoms with E-state index in [0.29, 0.717) is 11.8 Å². The van der Waals surface area contributed by atoms with Gasteiger partial charge in [-0.05, 0) is 80.2 Å². The minimum Gasteiger partial charge on any atom is -0.423 e. The van der Waals surface area contributed by atoms with Crippen molar-refractivity contribution in [2.45, 2.75) is 77.6 Å². The van der Waals surface area contributed by atoms with Gasteiger partial charge in [0, 0.05) is 0 Å². The maximum atomic E-state index is 14.1. The van der Waals surface area contributed by atoms with E-state index in [-0.39, 0.29) is 16.7 Å². The van der Waals surface area contributed by atoms with Gasteiger partial charge in [0.05, 0.1) is 10.9 Å². The molecule has 0 heterocycles. The van der Waals surface area contributed by atoms with E-state index in [2.05, 4.69) is 6.92 Å². The lowest BCUT2D eigenvalue weighted by molar-refractivity contribution is -0.144. The van der Waals surface area contributed by atoms with Gasteiger partial charge in [-0.25, -0.2) is 4.39 Å². The molecular formula is C25H33ClF2O2. The molecule has 0 spiro atoms. The van der Waals surface area contributed by atoms with Crippen molar-refractivity contribution in [3.8, 4) is 5.75 Å². The van der Waals surface area contributed by atoms with Gasteiger partial charge < -0.3 is 4.74 Å². The van der Waals surface area contributed by atoms with E-state index in [0.717, 1.165) is 37.0 Å². The van der Waals surface area contributed by atoms with Crippen LogP contribution < -0.4 is 4.74 Å². The summed E-state index contributed by atoms with van der Waals surface area (Å²) in [5.41, 5.74) is 0. The van der Waals surface area contributed by atoms with Crippen molar-refractivity contribution in [1.29, 1.82) is 0 Å². The minimum absolute atomic E-state index is 0.210. The number of carbonyl (C=O) groups excluding carboxylic acids is 1. The number of ether oxygens (including phenoxy) is 1. The van der Waals surface area contributed by atoms with Gasteiger partial charge in [-0.15, -0.1) is 0 Å². The van der Waals surface area contributed by atoms with Crippen molar-refractivity contribution in [2.24, 2.45) is 35.5 Å². The van der Waals surface area contributed by atoms with Crippen LogP contribution in [-0.4, -0.2) is 5.97 Å². The second kappa shape index (κ2) is 9.54. The Balaban J connectivity index is 1.38. The highest BCUT2D eigenvalue weighted by Crippen LogP contribution is 2.50. The summed E-state index contributed by atoms with van der Waals surface area (Å²) >= 11 is 5.60. The Labute approximate surface area is 183 Å². The summed E-state index contributed by atoms with van der Waals surface area (Å²) in [5, 5.41) is -0.309. The van der Waals surface area contributed by atoms with Crippen LogP contribution in [0.5, 0.6) is 5.75 Å². The Morgan fingerprint density at radius 2 is 1.70 bits per heavy atom. The van der Waals surface area contributed by atoms with Crippen molar-refractivity contribution < 1.29 is 18.3 Å². The Hall–Kier alpha value is -1.16. The number of halogens is 3. The largest absolute Gasteiger partial charge is 0.423 e. The summed E-state index contributed by atoms with van der Waals surface area (Å²) in [4.78, 5) is 12.9. The van der Waals surface area contributed by atoms with Crippen molar-refractivity contribution in [2.75, 3.05) is 0 Å².